The highest BCUT2D eigenvalue weighted by Crippen LogP contribution is 2.29. The number of methoxy groups -OCH3 is 1. The number of aliphatic carboxylic acids is 1. The van der Waals surface area contributed by atoms with E-state index in [2.05, 4.69) is 21.2 Å². The summed E-state index contributed by atoms with van der Waals surface area (Å²) in [5.41, 5.74) is 0.152. The Kier molecular flexibility index (Phi) is 4.53. The molecule has 1 unspecified atom stereocenters. The number of benzene rings is 2. The zero-order valence-electron chi connectivity index (χ0n) is 11.8. The average molecular weight is 350 g/mol. The smallest absolute Gasteiger partial charge is 0.333 e. The van der Waals surface area contributed by atoms with Gasteiger partial charge in [0.1, 0.15) is 5.75 Å². The highest BCUT2D eigenvalue weighted by Gasteiger charge is 2.35. The van der Waals surface area contributed by atoms with Crippen LogP contribution < -0.4 is 10.1 Å². The van der Waals surface area contributed by atoms with Crippen LogP contribution in [0.4, 0.5) is 5.69 Å². The number of ether oxygens (including phenoxy) is 1. The molecule has 5 heteroatoms. The quantitative estimate of drug-likeness (QED) is 0.860. The molecule has 4 nitrogen and oxygen atoms in total. The van der Waals surface area contributed by atoms with Crippen LogP contribution in [0, 0.1) is 0 Å². The topological polar surface area (TPSA) is 58.6 Å². The van der Waals surface area contributed by atoms with Gasteiger partial charge < -0.3 is 15.2 Å². The number of rotatable bonds is 5. The molecule has 2 aromatic rings. The second-order valence-electron chi connectivity index (χ2n) is 4.79. The first-order chi connectivity index (χ1) is 9.95. The lowest BCUT2D eigenvalue weighted by molar-refractivity contribution is -0.142. The zero-order valence-corrected chi connectivity index (χ0v) is 13.3. The molecule has 0 fully saturated rings. The fraction of sp³-hybridized carbons (Fsp3) is 0.188. The molecule has 0 aromatic heterocycles. The van der Waals surface area contributed by atoms with Gasteiger partial charge in [0.2, 0.25) is 0 Å². The molecule has 0 spiro atoms. The van der Waals surface area contributed by atoms with Crippen LogP contribution in [0.5, 0.6) is 5.75 Å². The second kappa shape index (κ2) is 6.18. The number of anilines is 1. The van der Waals surface area contributed by atoms with Crippen LogP contribution >= 0.6 is 15.9 Å². The maximum atomic E-state index is 11.8. The van der Waals surface area contributed by atoms with Crippen molar-refractivity contribution in [3.05, 3.63) is 58.6 Å². The molecule has 2 aromatic carbocycles. The molecular formula is C16H16BrNO3. The summed E-state index contributed by atoms with van der Waals surface area (Å²) < 4.78 is 5.93. The minimum atomic E-state index is -1.22. The first kappa shape index (κ1) is 15.4. The molecule has 21 heavy (non-hydrogen) atoms. The van der Waals surface area contributed by atoms with Crippen LogP contribution in [0.3, 0.4) is 0 Å². The van der Waals surface area contributed by atoms with E-state index in [1.165, 1.54) is 0 Å². The van der Waals surface area contributed by atoms with E-state index in [0.717, 1.165) is 10.2 Å². The Balaban J connectivity index is 2.36. The number of hydrogen-bond donors (Lipinski definition) is 2. The summed E-state index contributed by atoms with van der Waals surface area (Å²) in [6.45, 7) is 1.64. The zero-order chi connectivity index (χ0) is 15.5. The number of carboxylic acids is 1. The summed E-state index contributed by atoms with van der Waals surface area (Å²) in [6, 6.07) is 14.4. The molecule has 0 amide bonds. The Bertz CT molecular complexity index is 642. The van der Waals surface area contributed by atoms with Gasteiger partial charge in [-0.2, -0.15) is 0 Å². The molecule has 0 aliphatic rings. The van der Waals surface area contributed by atoms with Crippen molar-refractivity contribution in [3.63, 3.8) is 0 Å². The predicted octanol–water partition coefficient (Wildman–Crippen LogP) is 3.87. The molecule has 2 N–H and O–H groups in total. The van der Waals surface area contributed by atoms with Crippen molar-refractivity contribution in [2.45, 2.75) is 12.5 Å². The van der Waals surface area contributed by atoms with Gasteiger partial charge in [-0.3, -0.25) is 0 Å². The molecule has 0 saturated heterocycles. The van der Waals surface area contributed by atoms with Gasteiger partial charge in [-0.1, -0.05) is 28.1 Å². The van der Waals surface area contributed by atoms with Crippen LogP contribution in [0.1, 0.15) is 12.5 Å². The van der Waals surface area contributed by atoms with Crippen LogP contribution in [0.2, 0.25) is 0 Å². The van der Waals surface area contributed by atoms with Crippen molar-refractivity contribution in [3.8, 4) is 5.75 Å². The van der Waals surface area contributed by atoms with Crippen molar-refractivity contribution in [1.82, 2.24) is 0 Å². The van der Waals surface area contributed by atoms with Crippen LogP contribution in [-0.2, 0) is 10.3 Å². The number of hydrogen-bond acceptors (Lipinski definition) is 3. The van der Waals surface area contributed by atoms with Crippen LogP contribution in [0.25, 0.3) is 0 Å². The molecule has 1 atom stereocenters. The number of carbonyl (C=O) groups is 1. The lowest BCUT2D eigenvalue weighted by Gasteiger charge is -2.28. The van der Waals surface area contributed by atoms with Gasteiger partial charge in [0.05, 0.1) is 7.11 Å². The van der Waals surface area contributed by atoms with E-state index in [0.29, 0.717) is 11.3 Å². The van der Waals surface area contributed by atoms with Gasteiger partial charge in [0.25, 0.3) is 0 Å². The van der Waals surface area contributed by atoms with Crippen LogP contribution in [0.15, 0.2) is 53.0 Å². The molecule has 0 saturated carbocycles. The molecule has 110 valence electrons. The molecule has 0 radical (unpaired) electrons. The third-order valence-corrected chi connectivity index (χ3v) is 3.81. The van der Waals surface area contributed by atoms with Gasteiger partial charge in [0.15, 0.2) is 5.54 Å². The number of halogens is 1. The van der Waals surface area contributed by atoms with Gasteiger partial charge in [-0.05, 0) is 48.9 Å². The molecular weight excluding hydrogens is 334 g/mol. The van der Waals surface area contributed by atoms with Gasteiger partial charge in [0, 0.05) is 10.2 Å². The van der Waals surface area contributed by atoms with E-state index in [1.807, 2.05) is 12.1 Å². The number of carboxylic acid groups (broad SMARTS) is 1. The van der Waals surface area contributed by atoms with Gasteiger partial charge in [-0.15, -0.1) is 0 Å². The molecule has 0 aliphatic heterocycles. The minimum absolute atomic E-state index is 0.667. The van der Waals surface area contributed by atoms with Crippen molar-refractivity contribution < 1.29 is 14.6 Å². The average Bonchev–Trinajstić information content (AvgIpc) is 2.47. The first-order valence-electron chi connectivity index (χ1n) is 6.37. The molecule has 0 aliphatic carbocycles. The highest BCUT2D eigenvalue weighted by molar-refractivity contribution is 9.10. The van der Waals surface area contributed by atoms with E-state index < -0.39 is 11.5 Å². The Morgan fingerprint density at radius 1 is 1.24 bits per heavy atom. The summed E-state index contributed by atoms with van der Waals surface area (Å²) in [4.78, 5) is 11.8. The predicted molar refractivity (Wildman–Crippen MR) is 85.7 cm³/mol. The summed E-state index contributed by atoms with van der Waals surface area (Å²) in [5.74, 6) is -0.226. The van der Waals surface area contributed by atoms with E-state index in [1.54, 1.807) is 50.4 Å². The van der Waals surface area contributed by atoms with E-state index in [9.17, 15) is 9.90 Å². The van der Waals surface area contributed by atoms with Crippen molar-refractivity contribution in [2.75, 3.05) is 12.4 Å². The lowest BCUT2D eigenvalue weighted by Crippen LogP contribution is -2.40. The molecule has 2 rings (SSSR count). The maximum Gasteiger partial charge on any atom is 0.333 e. The monoisotopic (exact) mass is 349 g/mol. The molecule has 0 heterocycles. The van der Waals surface area contributed by atoms with Crippen LogP contribution in [-0.4, -0.2) is 18.2 Å². The largest absolute Gasteiger partial charge is 0.497 e. The fourth-order valence-electron chi connectivity index (χ4n) is 2.01. The van der Waals surface area contributed by atoms with Gasteiger partial charge in [-0.25, -0.2) is 4.79 Å². The first-order valence-corrected chi connectivity index (χ1v) is 7.16. The highest BCUT2D eigenvalue weighted by atomic mass is 79.9. The number of nitrogens with one attached hydrogen (secondary N) is 1. The Morgan fingerprint density at radius 3 is 2.43 bits per heavy atom. The SMILES string of the molecule is COc1ccc(NC(C)(C(=O)O)c2cccc(Br)c2)cc1. The minimum Gasteiger partial charge on any atom is -0.497 e. The normalized spacial score (nSPS) is 13.3. The van der Waals surface area contributed by atoms with E-state index >= 15 is 0 Å². The second-order valence-corrected chi connectivity index (χ2v) is 5.71. The van der Waals surface area contributed by atoms with E-state index in [-0.39, 0.29) is 0 Å². The lowest BCUT2D eigenvalue weighted by atomic mass is 9.91. The maximum absolute atomic E-state index is 11.8. The summed E-state index contributed by atoms with van der Waals surface area (Å²) in [7, 11) is 1.59. The van der Waals surface area contributed by atoms with Gasteiger partial charge >= 0.3 is 5.97 Å². The third kappa shape index (κ3) is 3.36. The standard InChI is InChI=1S/C16H16BrNO3/c1-16(15(19)20,11-4-3-5-12(17)10-11)18-13-6-8-14(21-2)9-7-13/h3-10,18H,1-2H3,(H,19,20). The van der Waals surface area contributed by atoms with Crippen molar-refractivity contribution in [2.24, 2.45) is 0 Å². The van der Waals surface area contributed by atoms with Crippen molar-refractivity contribution >= 4 is 27.6 Å². The summed E-state index contributed by atoms with van der Waals surface area (Å²) >= 11 is 3.37. The van der Waals surface area contributed by atoms with Crippen molar-refractivity contribution in [1.29, 1.82) is 0 Å². The van der Waals surface area contributed by atoms with E-state index in [4.69, 9.17) is 4.74 Å². The Hall–Kier alpha value is -2.01. The summed E-state index contributed by atoms with van der Waals surface area (Å²) in [5, 5.41) is 12.7. The third-order valence-electron chi connectivity index (χ3n) is 3.31. The fourth-order valence-corrected chi connectivity index (χ4v) is 2.41. The Morgan fingerprint density at radius 2 is 1.90 bits per heavy atom. The Labute approximate surface area is 131 Å². The molecule has 0 bridgehead atoms. The summed E-state index contributed by atoms with van der Waals surface area (Å²) in [6.07, 6.45) is 0.